The Labute approximate surface area is 206 Å². The topological polar surface area (TPSA) is 111 Å². The van der Waals surface area contributed by atoms with Crippen LogP contribution in [0.25, 0.3) is 0 Å². The van der Waals surface area contributed by atoms with Crippen molar-refractivity contribution in [2.75, 3.05) is 12.1 Å². The Kier molecular flexibility index (Phi) is 5.89. The number of amides is 3. The molecule has 1 unspecified atom stereocenters. The van der Waals surface area contributed by atoms with Crippen LogP contribution in [0.5, 0.6) is 11.5 Å². The number of rotatable bonds is 6. The van der Waals surface area contributed by atoms with Crippen molar-refractivity contribution in [3.05, 3.63) is 88.5 Å². The Morgan fingerprint density at radius 1 is 0.972 bits per heavy atom. The summed E-state index contributed by atoms with van der Waals surface area (Å²) in [6, 6.07) is 16.6. The third kappa shape index (κ3) is 4.26. The number of anilines is 1. The van der Waals surface area contributed by atoms with Gasteiger partial charge in [-0.1, -0.05) is 24.3 Å². The van der Waals surface area contributed by atoms with Gasteiger partial charge in [-0.3, -0.25) is 19.3 Å². The molecule has 0 spiro atoms. The number of carbonyl (C=O) groups excluding carboxylic acids is 4. The fourth-order valence-corrected chi connectivity index (χ4v) is 4.01. The zero-order valence-corrected chi connectivity index (χ0v) is 19.6. The molecule has 3 amide bonds. The van der Waals surface area contributed by atoms with Crippen LogP contribution < -0.4 is 14.8 Å². The molecular weight excluding hydrogens is 464 g/mol. The Morgan fingerprint density at radius 2 is 1.72 bits per heavy atom. The SMILES string of the molecule is Cc1ccccc1NC(=O)C(C)OC(=O)c1ccc2c(c1)C(=O)N(Cc1ccc3c(c1)OCO3)C2=O. The monoisotopic (exact) mass is 486 g/mol. The van der Waals surface area contributed by atoms with Crippen LogP contribution in [0.15, 0.2) is 60.7 Å². The highest BCUT2D eigenvalue weighted by Gasteiger charge is 2.36. The number of carbonyl (C=O) groups is 4. The van der Waals surface area contributed by atoms with Crippen molar-refractivity contribution in [1.82, 2.24) is 4.90 Å². The van der Waals surface area contributed by atoms with Crippen LogP contribution in [0.3, 0.4) is 0 Å². The van der Waals surface area contributed by atoms with Gasteiger partial charge in [-0.2, -0.15) is 0 Å². The summed E-state index contributed by atoms with van der Waals surface area (Å²) < 4.78 is 16.0. The Balaban J connectivity index is 1.27. The van der Waals surface area contributed by atoms with Gasteiger partial charge in [0.25, 0.3) is 17.7 Å². The van der Waals surface area contributed by atoms with E-state index in [4.69, 9.17) is 14.2 Å². The first-order valence-corrected chi connectivity index (χ1v) is 11.3. The molecule has 182 valence electrons. The van der Waals surface area contributed by atoms with Crippen molar-refractivity contribution in [2.24, 2.45) is 0 Å². The summed E-state index contributed by atoms with van der Waals surface area (Å²) in [6.45, 7) is 3.47. The Hall–Kier alpha value is -4.66. The largest absolute Gasteiger partial charge is 0.454 e. The number of imide groups is 1. The van der Waals surface area contributed by atoms with E-state index in [2.05, 4.69) is 5.32 Å². The minimum atomic E-state index is -1.08. The lowest BCUT2D eigenvalue weighted by Crippen LogP contribution is -2.30. The van der Waals surface area contributed by atoms with Crippen LogP contribution in [0.4, 0.5) is 5.69 Å². The molecule has 0 aromatic heterocycles. The molecule has 0 saturated heterocycles. The lowest BCUT2D eigenvalue weighted by Gasteiger charge is -2.15. The standard InChI is InChI=1S/C27H22N2O7/c1-15-5-3-4-6-21(15)28-24(30)16(2)36-27(33)18-8-9-19-20(12-18)26(32)29(25(19)31)13-17-7-10-22-23(11-17)35-14-34-22/h3-12,16H,13-14H2,1-2H3,(H,28,30). The molecule has 0 aliphatic carbocycles. The molecule has 2 aliphatic rings. The second-order valence-corrected chi connectivity index (χ2v) is 8.50. The number of hydrogen-bond donors (Lipinski definition) is 1. The normalized spacial score (nSPS) is 14.4. The minimum Gasteiger partial charge on any atom is -0.454 e. The molecule has 0 radical (unpaired) electrons. The summed E-state index contributed by atoms with van der Waals surface area (Å²) in [4.78, 5) is 52.2. The van der Waals surface area contributed by atoms with Gasteiger partial charge < -0.3 is 19.5 Å². The lowest BCUT2D eigenvalue weighted by atomic mass is 10.1. The first kappa shape index (κ1) is 23.1. The maximum absolute atomic E-state index is 13.0. The molecule has 3 aromatic rings. The van der Waals surface area contributed by atoms with E-state index in [0.29, 0.717) is 22.7 Å². The summed E-state index contributed by atoms with van der Waals surface area (Å²) in [5, 5.41) is 2.73. The van der Waals surface area contributed by atoms with Crippen LogP contribution in [0.1, 0.15) is 49.1 Å². The molecule has 3 aromatic carbocycles. The van der Waals surface area contributed by atoms with E-state index >= 15 is 0 Å². The number of fused-ring (bicyclic) bond motifs is 2. The van der Waals surface area contributed by atoms with Gasteiger partial charge in [-0.25, -0.2) is 4.79 Å². The van der Waals surface area contributed by atoms with Crippen molar-refractivity contribution >= 4 is 29.4 Å². The smallest absolute Gasteiger partial charge is 0.338 e. The highest BCUT2D eigenvalue weighted by Crippen LogP contribution is 2.34. The van der Waals surface area contributed by atoms with Crippen molar-refractivity contribution in [1.29, 1.82) is 0 Å². The zero-order chi connectivity index (χ0) is 25.4. The molecule has 9 nitrogen and oxygen atoms in total. The highest BCUT2D eigenvalue weighted by molar-refractivity contribution is 6.21. The molecule has 1 N–H and O–H groups in total. The van der Waals surface area contributed by atoms with Crippen LogP contribution >= 0.6 is 0 Å². The molecule has 9 heteroatoms. The number of esters is 1. The van der Waals surface area contributed by atoms with E-state index in [1.54, 1.807) is 30.3 Å². The highest BCUT2D eigenvalue weighted by atomic mass is 16.7. The van der Waals surface area contributed by atoms with E-state index in [0.717, 1.165) is 10.5 Å². The third-order valence-corrected chi connectivity index (χ3v) is 6.04. The van der Waals surface area contributed by atoms with Crippen molar-refractivity contribution < 1.29 is 33.4 Å². The molecule has 0 bridgehead atoms. The van der Waals surface area contributed by atoms with Gasteiger partial charge in [-0.15, -0.1) is 0 Å². The maximum Gasteiger partial charge on any atom is 0.338 e. The van der Waals surface area contributed by atoms with Crippen molar-refractivity contribution in [3.63, 3.8) is 0 Å². The quantitative estimate of drug-likeness (QED) is 0.418. The molecule has 5 rings (SSSR count). The molecular formula is C27H22N2O7. The lowest BCUT2D eigenvalue weighted by molar-refractivity contribution is -0.123. The van der Waals surface area contributed by atoms with Gasteiger partial charge in [0.2, 0.25) is 6.79 Å². The Morgan fingerprint density at radius 3 is 2.53 bits per heavy atom. The summed E-state index contributed by atoms with van der Waals surface area (Å²) in [7, 11) is 0. The van der Waals surface area contributed by atoms with E-state index in [-0.39, 0.29) is 30.0 Å². The number of nitrogens with zero attached hydrogens (tertiary/aromatic N) is 1. The fourth-order valence-electron chi connectivity index (χ4n) is 4.01. The average Bonchev–Trinajstić information content (AvgIpc) is 3.43. The number of benzene rings is 3. The molecule has 0 saturated carbocycles. The zero-order valence-electron chi connectivity index (χ0n) is 19.6. The van der Waals surface area contributed by atoms with Gasteiger partial charge >= 0.3 is 5.97 Å². The summed E-state index contributed by atoms with van der Waals surface area (Å²) in [5.41, 5.74) is 2.55. The van der Waals surface area contributed by atoms with Crippen LogP contribution in [-0.2, 0) is 16.1 Å². The second-order valence-electron chi connectivity index (χ2n) is 8.50. The van der Waals surface area contributed by atoms with Crippen molar-refractivity contribution in [3.8, 4) is 11.5 Å². The van der Waals surface area contributed by atoms with E-state index < -0.39 is 29.8 Å². The van der Waals surface area contributed by atoms with Gasteiger partial charge in [0.1, 0.15) is 0 Å². The van der Waals surface area contributed by atoms with Crippen LogP contribution in [0.2, 0.25) is 0 Å². The summed E-state index contributed by atoms with van der Waals surface area (Å²) >= 11 is 0. The van der Waals surface area contributed by atoms with Gasteiger partial charge in [0, 0.05) is 5.69 Å². The maximum atomic E-state index is 13.0. The molecule has 0 fully saturated rings. The molecule has 1 atom stereocenters. The number of para-hydroxylation sites is 1. The number of hydrogen-bond acceptors (Lipinski definition) is 7. The van der Waals surface area contributed by atoms with Gasteiger partial charge in [0.15, 0.2) is 17.6 Å². The number of nitrogens with one attached hydrogen (secondary N) is 1. The first-order valence-electron chi connectivity index (χ1n) is 11.3. The fraction of sp³-hybridized carbons (Fsp3) is 0.185. The van der Waals surface area contributed by atoms with Crippen molar-refractivity contribution in [2.45, 2.75) is 26.5 Å². The Bertz CT molecular complexity index is 1410. The van der Waals surface area contributed by atoms with E-state index in [9.17, 15) is 19.2 Å². The number of aryl methyl sites for hydroxylation is 1. The molecule has 2 aliphatic heterocycles. The molecule has 2 heterocycles. The van der Waals surface area contributed by atoms with Crippen LogP contribution in [-0.4, -0.2) is 41.5 Å². The van der Waals surface area contributed by atoms with Gasteiger partial charge in [0.05, 0.1) is 23.2 Å². The van der Waals surface area contributed by atoms with E-state index in [1.165, 1.54) is 25.1 Å². The average molecular weight is 486 g/mol. The van der Waals surface area contributed by atoms with Gasteiger partial charge in [-0.05, 0) is 61.4 Å². The van der Waals surface area contributed by atoms with E-state index in [1.807, 2.05) is 19.1 Å². The third-order valence-electron chi connectivity index (χ3n) is 6.04. The molecule has 36 heavy (non-hydrogen) atoms. The summed E-state index contributed by atoms with van der Waals surface area (Å²) in [5.74, 6) is -1.09. The van der Waals surface area contributed by atoms with Crippen LogP contribution in [0, 0.1) is 6.92 Å². The number of ether oxygens (including phenoxy) is 3. The summed E-state index contributed by atoms with van der Waals surface area (Å²) in [6.07, 6.45) is -1.08. The second kappa shape index (κ2) is 9.18. The minimum absolute atomic E-state index is 0.0406. The predicted octanol–water partition coefficient (Wildman–Crippen LogP) is 3.70. The first-order chi connectivity index (χ1) is 17.3. The predicted molar refractivity (Wildman–Crippen MR) is 128 cm³/mol.